The van der Waals surface area contributed by atoms with Crippen LogP contribution in [0.5, 0.6) is 0 Å². The lowest BCUT2D eigenvalue weighted by Gasteiger charge is -2.31. The lowest BCUT2D eigenvalue weighted by Crippen LogP contribution is -2.37. The number of pyridine rings is 1. The van der Waals surface area contributed by atoms with E-state index >= 15 is 0 Å². The highest BCUT2D eigenvalue weighted by Gasteiger charge is 2.33. The number of aromatic nitrogens is 11. The number of amides is 1. The molecule has 18 rings (SSSR count). The Balaban J connectivity index is 0.000000141. The van der Waals surface area contributed by atoms with Gasteiger partial charge in [-0.1, -0.05) is 70.7 Å². The minimum absolute atomic E-state index is 0.0524. The second kappa shape index (κ2) is 47.3. The van der Waals surface area contributed by atoms with Gasteiger partial charge in [-0.25, -0.2) is 68.5 Å². The van der Waals surface area contributed by atoms with Gasteiger partial charge in [0.2, 0.25) is 16.0 Å². The number of sulfonamides is 1. The molecular weight excluding hydrogens is 1900 g/mol. The molecule has 12 heterocycles. The van der Waals surface area contributed by atoms with Crippen molar-refractivity contribution in [2.75, 3.05) is 155 Å². The first-order valence-corrected chi connectivity index (χ1v) is 49.9. The van der Waals surface area contributed by atoms with Gasteiger partial charge in [0.15, 0.2) is 17.5 Å². The molecule has 734 valence electrons. The summed E-state index contributed by atoms with van der Waals surface area (Å²) in [6.07, 6.45) is 27.0. The van der Waals surface area contributed by atoms with E-state index in [-0.39, 0.29) is 73.6 Å². The number of morpholine rings is 1. The Morgan fingerprint density at radius 3 is 1.44 bits per heavy atom. The van der Waals surface area contributed by atoms with Crippen LogP contribution in [0.3, 0.4) is 0 Å². The molecule has 1 atom stereocenters. The molecular formula is C101H111Cl4F8N21O4S. The summed E-state index contributed by atoms with van der Waals surface area (Å²) in [6.45, 7) is 15.1. The van der Waals surface area contributed by atoms with Gasteiger partial charge in [0.05, 0.1) is 122 Å². The Bertz CT molecular complexity index is 6410. The van der Waals surface area contributed by atoms with E-state index in [4.69, 9.17) is 71.1 Å². The molecule has 6 aliphatic heterocycles. The number of likely N-dealkylation sites (N-methyl/N-ethyl adjacent to an activating group) is 2. The minimum Gasteiger partial charge on any atom is -0.378 e. The van der Waals surface area contributed by atoms with Crippen molar-refractivity contribution in [1.29, 1.82) is 0 Å². The number of fused-ring (bicyclic) bond motifs is 4. The molecule has 0 radical (unpaired) electrons. The molecule has 139 heavy (non-hydrogen) atoms. The second-order valence-corrected chi connectivity index (χ2v) is 39.1. The molecule has 6 aliphatic rings. The first-order chi connectivity index (χ1) is 67.0. The molecule has 12 aromatic rings. The quantitative estimate of drug-likeness (QED) is 0.0399. The van der Waals surface area contributed by atoms with Crippen LogP contribution in [-0.2, 0) is 66.6 Å². The fraction of sp³-hybridized carbons (Fsp3) is 0.396. The van der Waals surface area contributed by atoms with Crippen LogP contribution in [-0.4, -0.2) is 209 Å². The van der Waals surface area contributed by atoms with Gasteiger partial charge in [0.25, 0.3) is 5.91 Å². The predicted octanol–water partition coefficient (Wildman–Crippen LogP) is 19.7. The number of benzene rings is 6. The number of ether oxygens (including phenoxy) is 1. The third-order valence-electron chi connectivity index (χ3n) is 25.4. The van der Waals surface area contributed by atoms with Gasteiger partial charge in [0, 0.05) is 171 Å². The van der Waals surface area contributed by atoms with Crippen LogP contribution in [0.1, 0.15) is 138 Å². The maximum Gasteiger partial charge on any atom is 0.251 e. The van der Waals surface area contributed by atoms with E-state index in [0.29, 0.717) is 97.7 Å². The molecule has 6 aromatic carbocycles. The van der Waals surface area contributed by atoms with E-state index in [1.807, 2.05) is 83.2 Å². The van der Waals surface area contributed by atoms with Crippen LogP contribution in [0.2, 0.25) is 20.1 Å². The van der Waals surface area contributed by atoms with Crippen molar-refractivity contribution >= 4 is 97.1 Å². The predicted molar refractivity (Wildman–Crippen MR) is 530 cm³/mol. The van der Waals surface area contributed by atoms with Crippen LogP contribution >= 0.6 is 46.4 Å². The lowest BCUT2D eigenvalue weighted by molar-refractivity contribution is 0.0951. The summed E-state index contributed by atoms with van der Waals surface area (Å²) in [4.78, 5) is 70.9. The number of rotatable bonds is 25. The van der Waals surface area contributed by atoms with Crippen LogP contribution in [0.25, 0.3) is 44.9 Å². The standard InChI is InChI=1S/C27H30ClF2N5O2S.C27H30ClF2N5O.C24H28ClF2N5.C23H23ClF2N6O/c28-26-21(22(29)10-11-23(26)30)18-35-14-2-1-5-24-27(35)32-25(17-31-24)19-6-8-20(9-7-19)33-38(36,37)16-15-34-12-3-4-13-34;1-17(24-20(29)11-12-21(30)25(24)28)35-14-5-4-6-22-26(35)33-23(16-32-22)18-7-9-19(10-8-18)27(36)31-13-15-34(2)3;1-16-18(17-12-29-32(14-17)11-10-30(2)3)13-28-22-6-4-5-9-31(24(16)22)15-19-20(26)7-8-21(27)23(19)25;24-21-16(17(25)4-5-18(21)26)14-32-6-2-1-3-19-22(32)30-20(13-27-19)15-11-28-23(29-12-15)31-7-9-33-10-8-31/h6-11,17,33H,1-5,12-16,18H2;7-12,16-17H,4-6,13-15H2,1-3H3,(H,31,36);7-8,12-14H,4-6,9-11,15H2,1-3H3;4-5,11-13H,1-3,6-10,14H2. The van der Waals surface area contributed by atoms with Crippen LogP contribution in [0.15, 0.2) is 147 Å². The first kappa shape index (κ1) is 102. The number of carbonyl (C=O) groups is 1. The fourth-order valence-electron chi connectivity index (χ4n) is 17.7. The summed E-state index contributed by atoms with van der Waals surface area (Å²) in [6, 6.07) is 22.2. The van der Waals surface area contributed by atoms with Gasteiger partial charge in [-0.15, -0.1) is 0 Å². The number of nitrogens with one attached hydrogen (secondary N) is 2. The second-order valence-electron chi connectivity index (χ2n) is 35.7. The molecule has 6 aromatic heterocycles. The summed E-state index contributed by atoms with van der Waals surface area (Å²) in [5, 5.41) is 6.61. The van der Waals surface area contributed by atoms with Gasteiger partial charge in [-0.2, -0.15) is 5.10 Å². The number of hydrogen-bond acceptors (Lipinski definition) is 22. The fourth-order valence-corrected chi connectivity index (χ4v) is 19.7. The lowest BCUT2D eigenvalue weighted by atomic mass is 10.0. The van der Waals surface area contributed by atoms with Crippen LogP contribution in [0, 0.1) is 53.5 Å². The van der Waals surface area contributed by atoms with Gasteiger partial charge >= 0.3 is 0 Å². The average Bonchev–Trinajstić information content (AvgIpc) is 1.31. The van der Waals surface area contributed by atoms with E-state index in [1.54, 1.807) is 74.3 Å². The van der Waals surface area contributed by atoms with Crippen molar-refractivity contribution in [3.05, 3.63) is 269 Å². The largest absolute Gasteiger partial charge is 0.378 e. The Morgan fingerprint density at radius 1 is 0.460 bits per heavy atom. The average molecular weight is 2010 g/mol. The number of halogens is 12. The number of hydrogen-bond donors (Lipinski definition) is 2. The SMILES string of the molecule is CC(c1c(F)ccc(F)c1Cl)N1CCCCc2ncc(-c3ccc(C(=O)NCCN(C)C)cc3)nc21.Cc1c(-c2cnn(CCN(C)C)c2)cnc2c1N(Cc1c(F)ccc(F)c1Cl)CCCC2.Fc1ccc(F)c(CN2CCCCc3ncc(-c4cnc(N5CCOCC5)nc4)nc32)c1Cl.O=S(=O)(CCN1CCCC1)Nc1ccc(-c2cnc3c(n2)N(Cc2c(F)ccc(F)c2Cl)CCCC3)cc1. The molecule has 0 bridgehead atoms. The first-order valence-electron chi connectivity index (χ1n) is 46.8. The summed E-state index contributed by atoms with van der Waals surface area (Å²) < 4.78 is 149. The van der Waals surface area contributed by atoms with Gasteiger partial charge in [0.1, 0.15) is 46.5 Å². The topological polar surface area (TPSA) is 244 Å². The van der Waals surface area contributed by atoms with E-state index in [9.17, 15) is 48.3 Å². The number of carbonyl (C=O) groups excluding carboxylic acids is 1. The summed E-state index contributed by atoms with van der Waals surface area (Å²) in [7, 11) is 4.52. The van der Waals surface area contributed by atoms with Crippen molar-refractivity contribution in [2.45, 2.75) is 136 Å². The molecule has 0 saturated carbocycles. The highest BCUT2D eigenvalue weighted by molar-refractivity contribution is 7.92. The molecule has 0 aliphatic carbocycles. The zero-order chi connectivity index (χ0) is 98.1. The van der Waals surface area contributed by atoms with Crippen LogP contribution in [0.4, 0.5) is 69.9 Å². The third-order valence-corrected chi connectivity index (χ3v) is 28.3. The van der Waals surface area contributed by atoms with E-state index in [0.717, 1.165) is 253 Å². The number of aryl methyl sites for hydroxylation is 4. The molecule has 2 fully saturated rings. The molecule has 2 N–H and O–H groups in total. The highest BCUT2D eigenvalue weighted by atomic mass is 35.5. The van der Waals surface area contributed by atoms with Crippen molar-refractivity contribution < 1.29 is 53.1 Å². The molecule has 38 heteroatoms. The number of nitrogens with zero attached hydrogens (tertiary/aromatic N) is 19. The molecule has 25 nitrogen and oxygen atoms in total. The van der Waals surface area contributed by atoms with Crippen LogP contribution < -0.4 is 34.5 Å². The van der Waals surface area contributed by atoms with Crippen molar-refractivity contribution in [1.82, 2.24) is 74.7 Å². The molecule has 0 spiro atoms. The van der Waals surface area contributed by atoms with Crippen molar-refractivity contribution in [3.63, 3.8) is 0 Å². The van der Waals surface area contributed by atoms with Crippen molar-refractivity contribution in [3.8, 4) is 44.9 Å². The minimum atomic E-state index is -3.46. The van der Waals surface area contributed by atoms with E-state index in [2.05, 4.69) is 66.6 Å². The summed E-state index contributed by atoms with van der Waals surface area (Å²) >= 11 is 24.5. The third kappa shape index (κ3) is 25.7. The molecule has 1 unspecified atom stereocenters. The van der Waals surface area contributed by atoms with E-state index in [1.165, 1.54) is 0 Å². The number of likely N-dealkylation sites (tertiary alicyclic amines) is 1. The normalized spacial score (nSPS) is 15.3. The van der Waals surface area contributed by atoms with Gasteiger partial charge in [-0.05, 0) is 223 Å². The maximum absolute atomic E-state index is 14.7. The zero-order valence-electron chi connectivity index (χ0n) is 78.3. The van der Waals surface area contributed by atoms with Crippen molar-refractivity contribution in [2.24, 2.45) is 0 Å². The highest BCUT2D eigenvalue weighted by Crippen LogP contribution is 2.42. The van der Waals surface area contributed by atoms with Gasteiger partial charge < -0.3 is 49.3 Å². The zero-order valence-corrected chi connectivity index (χ0v) is 82.2. The Hall–Kier alpha value is -11.3. The van der Waals surface area contributed by atoms with E-state index < -0.39 is 62.6 Å². The van der Waals surface area contributed by atoms with Gasteiger partial charge in [-0.3, -0.25) is 34.1 Å². The Morgan fingerprint density at radius 2 is 0.906 bits per heavy atom. The smallest absolute Gasteiger partial charge is 0.251 e. The molecule has 1 amide bonds. The summed E-state index contributed by atoms with van der Waals surface area (Å²) in [5.41, 5.74) is 13.2. The molecule has 2 saturated heterocycles. The summed E-state index contributed by atoms with van der Waals surface area (Å²) in [5.74, 6) is -2.22. The number of anilines is 6. The monoisotopic (exact) mass is 2010 g/mol. The maximum atomic E-state index is 14.7. The Kier molecular flexibility index (Phi) is 34.7. The Labute approximate surface area is 824 Å².